The normalized spacial score (nSPS) is 31.5. The molecule has 2 fully saturated rings. The van der Waals surface area contributed by atoms with Crippen LogP contribution < -0.4 is 10.0 Å². The Hall–Kier alpha value is -1.03. The van der Waals surface area contributed by atoms with Crippen molar-refractivity contribution in [3.63, 3.8) is 0 Å². The molecule has 2 N–H and O–H groups in total. The van der Waals surface area contributed by atoms with E-state index in [0.717, 1.165) is 18.4 Å². The molecule has 1 saturated heterocycles. The lowest BCUT2D eigenvalue weighted by atomic mass is 9.72. The van der Waals surface area contributed by atoms with Crippen molar-refractivity contribution in [3.8, 4) is 0 Å². The van der Waals surface area contributed by atoms with Crippen LogP contribution in [-0.2, 0) is 26.0 Å². The molecule has 0 aromatic carbocycles. The van der Waals surface area contributed by atoms with Gasteiger partial charge >= 0.3 is 0 Å². The maximum absolute atomic E-state index is 12.0. The first-order valence-electron chi connectivity index (χ1n) is 6.69. The molecule has 1 aliphatic carbocycles. The van der Waals surface area contributed by atoms with E-state index >= 15 is 0 Å². The second-order valence-corrected chi connectivity index (χ2v) is 7.95. The molecule has 2 aliphatic rings. The largest absolute Gasteiger partial charge is 0.376 e. The van der Waals surface area contributed by atoms with Crippen LogP contribution in [0.5, 0.6) is 0 Å². The zero-order valence-electron chi connectivity index (χ0n) is 11.5. The first-order valence-corrected chi connectivity index (χ1v) is 9.53. The lowest BCUT2D eigenvalue weighted by Crippen LogP contribution is -2.70. The predicted octanol–water partition coefficient (Wildman–Crippen LogP) is -0.493. The van der Waals surface area contributed by atoms with Crippen LogP contribution in [0.1, 0.15) is 12.1 Å². The minimum atomic E-state index is -3.33. The van der Waals surface area contributed by atoms with Crippen LogP contribution in [-0.4, -0.2) is 50.4 Å². The fourth-order valence-electron chi connectivity index (χ4n) is 3.02. The molecule has 2 heterocycles. The lowest BCUT2D eigenvalue weighted by Gasteiger charge is -2.47. The monoisotopic (exact) mass is 331 g/mol. The van der Waals surface area contributed by atoms with E-state index in [1.165, 1.54) is 11.3 Å². The lowest BCUT2D eigenvalue weighted by molar-refractivity contribution is -0.124. The number of sulfonamides is 1. The van der Waals surface area contributed by atoms with Gasteiger partial charge in [-0.15, -0.1) is 11.3 Å². The van der Waals surface area contributed by atoms with Gasteiger partial charge in [-0.3, -0.25) is 4.79 Å². The van der Waals surface area contributed by atoms with E-state index in [1.54, 1.807) is 5.51 Å². The minimum Gasteiger partial charge on any atom is -0.376 e. The quantitative estimate of drug-likeness (QED) is 0.759. The molecule has 1 aromatic rings. The summed E-state index contributed by atoms with van der Waals surface area (Å²) < 4.78 is 30.9. The molecule has 1 aromatic heterocycles. The number of hydrogen-bond donors (Lipinski definition) is 2. The van der Waals surface area contributed by atoms with Crippen LogP contribution in [0.25, 0.3) is 0 Å². The average Bonchev–Trinajstić information content (AvgIpc) is 3.01. The molecular weight excluding hydrogens is 314 g/mol. The third-order valence-corrected chi connectivity index (χ3v) is 5.22. The molecule has 9 heteroatoms. The minimum absolute atomic E-state index is 0.135. The van der Waals surface area contributed by atoms with Crippen LogP contribution in [0.2, 0.25) is 0 Å². The Bertz CT molecular complexity index is 616. The zero-order valence-corrected chi connectivity index (χ0v) is 13.1. The van der Waals surface area contributed by atoms with Gasteiger partial charge in [0.1, 0.15) is 0 Å². The molecular formula is C12H17N3O4S2. The van der Waals surface area contributed by atoms with Gasteiger partial charge < -0.3 is 10.1 Å². The maximum Gasteiger partial charge on any atom is 0.226 e. The molecule has 0 bridgehead atoms. The van der Waals surface area contributed by atoms with Gasteiger partial charge in [0.25, 0.3) is 0 Å². The van der Waals surface area contributed by atoms with Crippen molar-refractivity contribution >= 4 is 27.3 Å². The van der Waals surface area contributed by atoms with Gasteiger partial charge in [0, 0.05) is 17.9 Å². The summed E-state index contributed by atoms with van der Waals surface area (Å²) in [4.78, 5) is 16.1. The summed E-state index contributed by atoms with van der Waals surface area (Å²) in [6.45, 7) is 0.607. The number of nitrogens with one attached hydrogen (secondary N) is 2. The number of carbonyl (C=O) groups excluding carboxylic acids is 1. The number of rotatable bonds is 5. The SMILES string of the molecule is CS(=O)(=O)N[C@@H]1[C@@H](NC(=O)Cc2cscn2)[C@H]2CCO[C@H]21. The highest BCUT2D eigenvalue weighted by Crippen LogP contribution is 2.39. The highest BCUT2D eigenvalue weighted by Gasteiger charge is 2.55. The summed E-state index contributed by atoms with van der Waals surface area (Å²) in [6, 6.07) is -0.592. The van der Waals surface area contributed by atoms with E-state index in [9.17, 15) is 13.2 Å². The average molecular weight is 331 g/mol. The van der Waals surface area contributed by atoms with E-state index in [4.69, 9.17) is 4.74 Å². The fourth-order valence-corrected chi connectivity index (χ4v) is 4.35. The van der Waals surface area contributed by atoms with E-state index in [1.807, 2.05) is 5.38 Å². The van der Waals surface area contributed by atoms with Crippen LogP contribution in [0.15, 0.2) is 10.9 Å². The highest BCUT2D eigenvalue weighted by molar-refractivity contribution is 7.88. The number of nitrogens with zero attached hydrogens (tertiary/aromatic N) is 1. The number of thiazole rings is 1. The predicted molar refractivity (Wildman–Crippen MR) is 77.4 cm³/mol. The molecule has 7 nitrogen and oxygen atoms in total. The molecule has 0 spiro atoms. The van der Waals surface area contributed by atoms with Crippen molar-refractivity contribution < 1.29 is 17.9 Å². The molecule has 1 amide bonds. The number of amides is 1. The Morgan fingerprint density at radius 1 is 1.52 bits per heavy atom. The summed E-state index contributed by atoms with van der Waals surface area (Å²) in [5.74, 6) is 0.0418. The van der Waals surface area contributed by atoms with Crippen molar-refractivity contribution in [2.75, 3.05) is 12.9 Å². The number of hydrogen-bond acceptors (Lipinski definition) is 6. The summed E-state index contributed by atoms with van der Waals surface area (Å²) in [5, 5.41) is 4.74. The van der Waals surface area contributed by atoms with Gasteiger partial charge in [-0.05, 0) is 6.42 Å². The highest BCUT2D eigenvalue weighted by atomic mass is 32.2. The second-order valence-electron chi connectivity index (χ2n) is 5.45. The van der Waals surface area contributed by atoms with Gasteiger partial charge in [-0.2, -0.15) is 0 Å². The Morgan fingerprint density at radius 3 is 3.00 bits per heavy atom. The second kappa shape index (κ2) is 5.64. The first kappa shape index (κ1) is 14.9. The number of carbonyl (C=O) groups is 1. The summed E-state index contributed by atoms with van der Waals surface area (Å²) >= 11 is 1.44. The Kier molecular flexibility index (Phi) is 4.00. The first-order chi connectivity index (χ1) is 9.94. The van der Waals surface area contributed by atoms with Crippen LogP contribution in [0.3, 0.4) is 0 Å². The van der Waals surface area contributed by atoms with Gasteiger partial charge in [0.2, 0.25) is 15.9 Å². The molecule has 21 heavy (non-hydrogen) atoms. The van der Waals surface area contributed by atoms with E-state index in [-0.39, 0.29) is 36.4 Å². The van der Waals surface area contributed by atoms with E-state index in [2.05, 4.69) is 15.0 Å². The summed E-state index contributed by atoms with van der Waals surface area (Å²) in [6.07, 6.45) is 2.03. The molecule has 1 aliphatic heterocycles. The Balaban J connectivity index is 1.63. The third-order valence-electron chi connectivity index (χ3n) is 3.89. The zero-order chi connectivity index (χ0) is 15.0. The third kappa shape index (κ3) is 3.25. The number of ether oxygens (including phenoxy) is 1. The molecule has 0 radical (unpaired) electrons. The van der Waals surface area contributed by atoms with Gasteiger partial charge in [-0.25, -0.2) is 18.1 Å². The fraction of sp³-hybridized carbons (Fsp3) is 0.667. The van der Waals surface area contributed by atoms with Gasteiger partial charge in [-0.1, -0.05) is 0 Å². The standard InChI is InChI=1S/C12H17N3O4S2/c1-21(17,18)15-11-10(8-2-3-19-12(8)11)14-9(16)4-7-5-20-6-13-7/h5-6,8,10-12,15H,2-4H2,1H3,(H,14,16)/t8-,10+,11-,12-/m1/s1. The molecule has 0 unspecified atom stereocenters. The maximum atomic E-state index is 12.0. The Morgan fingerprint density at radius 2 is 2.33 bits per heavy atom. The van der Waals surface area contributed by atoms with Gasteiger partial charge in [0.15, 0.2) is 0 Å². The van der Waals surface area contributed by atoms with Crippen LogP contribution in [0.4, 0.5) is 0 Å². The number of fused-ring (bicyclic) bond motifs is 1. The van der Waals surface area contributed by atoms with Gasteiger partial charge in [0.05, 0.1) is 42.1 Å². The van der Waals surface area contributed by atoms with Crippen molar-refractivity contribution in [2.24, 2.45) is 5.92 Å². The molecule has 116 valence electrons. The topological polar surface area (TPSA) is 97.4 Å². The Labute approximate surface area is 127 Å². The van der Waals surface area contributed by atoms with Crippen LogP contribution in [0, 0.1) is 5.92 Å². The smallest absolute Gasteiger partial charge is 0.226 e. The summed E-state index contributed by atoms with van der Waals surface area (Å²) in [7, 11) is -3.33. The van der Waals surface area contributed by atoms with Crippen molar-refractivity contribution in [3.05, 3.63) is 16.6 Å². The van der Waals surface area contributed by atoms with Crippen LogP contribution >= 0.6 is 11.3 Å². The number of aromatic nitrogens is 1. The van der Waals surface area contributed by atoms with Crippen molar-refractivity contribution in [1.82, 2.24) is 15.0 Å². The molecule has 4 atom stereocenters. The summed E-state index contributed by atoms with van der Waals surface area (Å²) in [5.41, 5.74) is 2.41. The van der Waals surface area contributed by atoms with Crippen molar-refractivity contribution in [1.29, 1.82) is 0 Å². The van der Waals surface area contributed by atoms with E-state index in [0.29, 0.717) is 6.61 Å². The molecule has 3 rings (SSSR count). The van der Waals surface area contributed by atoms with E-state index < -0.39 is 10.0 Å². The van der Waals surface area contributed by atoms with Crippen molar-refractivity contribution in [2.45, 2.75) is 31.0 Å². The molecule has 1 saturated carbocycles.